The van der Waals surface area contributed by atoms with Gasteiger partial charge in [-0.15, -0.1) is 11.3 Å². The van der Waals surface area contributed by atoms with Gasteiger partial charge >= 0.3 is 0 Å². The number of aromatic nitrogens is 4. The van der Waals surface area contributed by atoms with Crippen LogP contribution >= 0.6 is 34.7 Å². The summed E-state index contributed by atoms with van der Waals surface area (Å²) in [5.41, 5.74) is 1.96. The van der Waals surface area contributed by atoms with Gasteiger partial charge in [0.15, 0.2) is 5.16 Å². The van der Waals surface area contributed by atoms with E-state index in [-0.39, 0.29) is 17.2 Å². The lowest BCUT2D eigenvalue weighted by molar-refractivity contribution is 0.519. The van der Waals surface area contributed by atoms with Crippen molar-refractivity contribution < 1.29 is 0 Å². The minimum Gasteiger partial charge on any atom is -0.309 e. The molecule has 0 spiro atoms. The molecule has 0 aliphatic heterocycles. The summed E-state index contributed by atoms with van der Waals surface area (Å²) in [6.45, 7) is 3.91. The summed E-state index contributed by atoms with van der Waals surface area (Å²) in [6.07, 6.45) is 0. The molecule has 3 heterocycles. The van der Waals surface area contributed by atoms with E-state index in [1.165, 1.54) is 23.1 Å². The van der Waals surface area contributed by atoms with E-state index in [1.54, 1.807) is 16.7 Å². The quantitative estimate of drug-likeness (QED) is 0.243. The molecule has 3 aromatic heterocycles. The lowest BCUT2D eigenvalue weighted by Gasteiger charge is -2.15. The van der Waals surface area contributed by atoms with Crippen molar-refractivity contribution in [2.24, 2.45) is 0 Å². The molecule has 0 saturated heterocycles. The normalized spacial score (nSPS) is 11.6. The number of hydrogen-bond acceptors (Lipinski definition) is 6. The predicted octanol–water partition coefficient (Wildman–Crippen LogP) is 5.89. The predicted molar refractivity (Wildman–Crippen MR) is 137 cm³/mol. The highest BCUT2D eigenvalue weighted by Crippen LogP contribution is 2.35. The number of aromatic amines is 1. The Morgan fingerprint density at radius 2 is 1.82 bits per heavy atom. The van der Waals surface area contributed by atoms with E-state index in [4.69, 9.17) is 16.6 Å². The molecule has 0 fully saturated rings. The number of thiophene rings is 1. The van der Waals surface area contributed by atoms with E-state index in [2.05, 4.69) is 9.97 Å². The number of benzene rings is 2. The number of fused-ring (bicyclic) bond motifs is 2. The molecule has 6 nitrogen and oxygen atoms in total. The molecule has 1 N–H and O–H groups in total. The van der Waals surface area contributed by atoms with Crippen molar-refractivity contribution in [2.45, 2.75) is 30.8 Å². The third-order valence-electron chi connectivity index (χ3n) is 5.29. The summed E-state index contributed by atoms with van der Waals surface area (Å²) >= 11 is 9.14. The number of thioether (sulfide) groups is 1. The van der Waals surface area contributed by atoms with Crippen molar-refractivity contribution >= 4 is 55.8 Å². The van der Waals surface area contributed by atoms with Gasteiger partial charge in [-0.3, -0.25) is 14.2 Å². The van der Waals surface area contributed by atoms with Crippen molar-refractivity contribution in [1.29, 1.82) is 0 Å². The Hall–Kier alpha value is -2.94. The number of nitrogens with one attached hydrogen (secondary N) is 1. The van der Waals surface area contributed by atoms with Crippen LogP contribution in [0.1, 0.15) is 25.7 Å². The van der Waals surface area contributed by atoms with E-state index in [0.717, 1.165) is 11.1 Å². The van der Waals surface area contributed by atoms with Gasteiger partial charge < -0.3 is 4.98 Å². The molecule has 2 aromatic carbocycles. The van der Waals surface area contributed by atoms with Gasteiger partial charge in [0.2, 0.25) is 0 Å². The zero-order valence-electron chi connectivity index (χ0n) is 17.8. The molecule has 0 amide bonds. The highest BCUT2D eigenvalue weighted by atomic mass is 35.5. The molecule has 0 aliphatic carbocycles. The molecule has 33 heavy (non-hydrogen) atoms. The van der Waals surface area contributed by atoms with Gasteiger partial charge in [0.1, 0.15) is 10.7 Å². The highest BCUT2D eigenvalue weighted by molar-refractivity contribution is 7.98. The third-order valence-corrected chi connectivity index (χ3v) is 7.45. The lowest BCUT2D eigenvalue weighted by Crippen LogP contribution is -2.25. The van der Waals surface area contributed by atoms with Crippen LogP contribution < -0.4 is 11.1 Å². The Morgan fingerprint density at radius 1 is 1.06 bits per heavy atom. The fourth-order valence-electron chi connectivity index (χ4n) is 3.76. The van der Waals surface area contributed by atoms with E-state index in [9.17, 15) is 9.59 Å². The number of H-pyrrole nitrogens is 1. The monoisotopic (exact) mass is 494 g/mol. The molecule has 0 bridgehead atoms. The fraction of sp³-hybridized carbons (Fsp3) is 0.167. The van der Waals surface area contributed by atoms with Gasteiger partial charge in [-0.25, -0.2) is 9.97 Å². The lowest BCUT2D eigenvalue weighted by atomic mass is 10.1. The van der Waals surface area contributed by atoms with Gasteiger partial charge in [-0.05, 0) is 32.0 Å². The summed E-state index contributed by atoms with van der Waals surface area (Å²) in [5.74, 6) is 0.907. The summed E-state index contributed by atoms with van der Waals surface area (Å²) < 4.78 is 1.68. The third kappa shape index (κ3) is 3.99. The summed E-state index contributed by atoms with van der Waals surface area (Å²) in [7, 11) is 0. The van der Waals surface area contributed by atoms with Crippen molar-refractivity contribution in [3.63, 3.8) is 0 Å². The maximum absolute atomic E-state index is 13.0. The van der Waals surface area contributed by atoms with Crippen LogP contribution in [0, 0.1) is 0 Å². The average Bonchev–Trinajstić information content (AvgIpc) is 3.22. The SMILES string of the molecule is CC(C)n1c(SCc2nc3scc(-c4ccccc4Cl)c3c(=O)[nH]2)nc2ccccc2c1=O. The van der Waals surface area contributed by atoms with Crippen LogP contribution in [-0.2, 0) is 5.75 Å². The smallest absolute Gasteiger partial charge is 0.262 e. The van der Waals surface area contributed by atoms with E-state index in [1.807, 2.05) is 55.6 Å². The molecule has 0 unspecified atom stereocenters. The van der Waals surface area contributed by atoms with Gasteiger partial charge in [0, 0.05) is 27.6 Å². The summed E-state index contributed by atoms with van der Waals surface area (Å²) in [4.78, 5) is 38.9. The molecule has 0 aliphatic rings. The minimum atomic E-state index is -0.209. The Balaban J connectivity index is 1.52. The van der Waals surface area contributed by atoms with Crippen LogP contribution in [0.25, 0.3) is 32.2 Å². The zero-order chi connectivity index (χ0) is 23.1. The Labute approximate surface area is 202 Å². The average molecular weight is 495 g/mol. The van der Waals surface area contributed by atoms with Crippen LogP contribution in [-0.4, -0.2) is 19.5 Å². The maximum atomic E-state index is 13.0. The standard InChI is InChI=1S/C24H19ClN4O2S2/c1-13(2)29-23(31)15-8-4-6-10-18(15)26-24(29)33-12-19-27-21(30)20-16(11-32-22(20)28-19)14-7-3-5-9-17(14)25/h3-11,13H,12H2,1-2H3,(H,27,28,30). The van der Waals surface area contributed by atoms with Gasteiger partial charge in [0.25, 0.3) is 11.1 Å². The Morgan fingerprint density at radius 3 is 2.61 bits per heavy atom. The summed E-state index contributed by atoms with van der Waals surface area (Å²) in [5, 5.41) is 4.22. The number of hydrogen-bond donors (Lipinski definition) is 1. The van der Waals surface area contributed by atoms with Crippen molar-refractivity contribution in [1.82, 2.24) is 19.5 Å². The van der Waals surface area contributed by atoms with Crippen LogP contribution in [0.3, 0.4) is 0 Å². The second kappa shape index (κ2) is 8.78. The Kier molecular flexibility index (Phi) is 5.82. The van der Waals surface area contributed by atoms with Crippen LogP contribution in [0.2, 0.25) is 5.02 Å². The van der Waals surface area contributed by atoms with Crippen molar-refractivity contribution in [3.05, 3.63) is 85.5 Å². The van der Waals surface area contributed by atoms with Crippen molar-refractivity contribution in [3.8, 4) is 11.1 Å². The van der Waals surface area contributed by atoms with E-state index >= 15 is 0 Å². The van der Waals surface area contributed by atoms with Crippen LogP contribution in [0.15, 0.2) is 68.7 Å². The van der Waals surface area contributed by atoms with Gasteiger partial charge in [-0.1, -0.05) is 53.7 Å². The largest absolute Gasteiger partial charge is 0.309 e. The maximum Gasteiger partial charge on any atom is 0.262 e. The van der Waals surface area contributed by atoms with Gasteiger partial charge in [0.05, 0.1) is 22.0 Å². The molecule has 5 rings (SSSR count). The number of halogens is 1. The van der Waals surface area contributed by atoms with E-state index < -0.39 is 0 Å². The molecule has 166 valence electrons. The first-order valence-electron chi connectivity index (χ1n) is 10.3. The number of rotatable bonds is 5. The summed E-state index contributed by atoms with van der Waals surface area (Å²) in [6, 6.07) is 14.7. The molecule has 5 aromatic rings. The van der Waals surface area contributed by atoms with Gasteiger partial charge in [-0.2, -0.15) is 0 Å². The molecular weight excluding hydrogens is 476 g/mol. The Bertz CT molecular complexity index is 1620. The first-order chi connectivity index (χ1) is 15.9. The van der Waals surface area contributed by atoms with Crippen molar-refractivity contribution in [2.75, 3.05) is 0 Å². The fourth-order valence-corrected chi connectivity index (χ4v) is 5.95. The number of para-hydroxylation sites is 1. The topological polar surface area (TPSA) is 80.6 Å². The molecule has 0 atom stereocenters. The highest BCUT2D eigenvalue weighted by Gasteiger charge is 2.17. The minimum absolute atomic E-state index is 0.0536. The van der Waals surface area contributed by atoms with Crippen LogP contribution in [0.5, 0.6) is 0 Å². The van der Waals surface area contributed by atoms with E-state index in [0.29, 0.717) is 42.9 Å². The second-order valence-corrected chi connectivity index (χ2v) is 10.00. The molecule has 0 radical (unpaired) electrons. The van der Waals surface area contributed by atoms with Crippen LogP contribution in [0.4, 0.5) is 0 Å². The second-order valence-electron chi connectivity index (χ2n) is 7.79. The molecule has 9 heteroatoms. The first-order valence-corrected chi connectivity index (χ1v) is 12.6. The molecular formula is C24H19ClN4O2S2. The zero-order valence-corrected chi connectivity index (χ0v) is 20.2. The molecule has 0 saturated carbocycles. The number of nitrogens with zero attached hydrogens (tertiary/aromatic N) is 3. The first kappa shape index (κ1) is 21.9.